The van der Waals surface area contributed by atoms with Crippen molar-refractivity contribution < 1.29 is 19.0 Å². The number of rotatable bonds is 5. The molecule has 3 rings (SSSR count). The van der Waals surface area contributed by atoms with E-state index in [2.05, 4.69) is 0 Å². The largest absolute Gasteiger partial charge is 0.493 e. The Morgan fingerprint density at radius 2 is 1.55 bits per heavy atom. The summed E-state index contributed by atoms with van der Waals surface area (Å²) >= 11 is 12.1. The molecule has 0 aliphatic rings. The third-order valence-electron chi connectivity index (χ3n) is 4.35. The van der Waals surface area contributed by atoms with Crippen LogP contribution >= 0.6 is 23.2 Å². The summed E-state index contributed by atoms with van der Waals surface area (Å²) in [5, 5.41) is 0.653. The predicted molar refractivity (Wildman–Crippen MR) is 111 cm³/mol. The Morgan fingerprint density at radius 3 is 2.03 bits per heavy atom. The van der Waals surface area contributed by atoms with Crippen LogP contribution < -0.4 is 19.9 Å². The van der Waals surface area contributed by atoms with Crippen molar-refractivity contribution in [2.45, 2.75) is 6.92 Å². The van der Waals surface area contributed by atoms with E-state index in [-0.39, 0.29) is 0 Å². The summed E-state index contributed by atoms with van der Waals surface area (Å²) in [5.74, 6) is 0.746. The van der Waals surface area contributed by atoms with Crippen LogP contribution in [0.1, 0.15) is 11.7 Å². The molecule has 0 radical (unpaired) electrons. The molecule has 0 aliphatic carbocycles. The van der Waals surface area contributed by atoms with E-state index in [1.807, 2.05) is 0 Å². The zero-order valence-corrected chi connectivity index (χ0v) is 17.7. The van der Waals surface area contributed by atoms with Gasteiger partial charge in [-0.25, -0.2) is 9.36 Å². The van der Waals surface area contributed by atoms with E-state index in [0.717, 1.165) is 4.57 Å². The number of imidazole rings is 1. The number of halogens is 2. The van der Waals surface area contributed by atoms with Crippen molar-refractivity contribution in [2.75, 3.05) is 21.3 Å². The molecule has 0 unspecified atom stereocenters. The van der Waals surface area contributed by atoms with Crippen LogP contribution in [-0.2, 0) is 0 Å². The molecule has 9 heteroatoms. The number of ether oxygens (including phenoxy) is 3. The highest BCUT2D eigenvalue weighted by Gasteiger charge is 2.21. The van der Waals surface area contributed by atoms with Crippen LogP contribution in [0.15, 0.2) is 41.3 Å². The molecular formula is C20H18Cl2N2O5. The van der Waals surface area contributed by atoms with Gasteiger partial charge in [0.1, 0.15) is 0 Å². The van der Waals surface area contributed by atoms with Crippen LogP contribution in [-0.4, -0.2) is 36.4 Å². The lowest BCUT2D eigenvalue weighted by Crippen LogP contribution is -2.27. The fraction of sp³-hybridized carbons (Fsp3) is 0.200. The standard InChI is InChI=1S/C20H18Cl2N2O5/c1-11(25)24-16(12-7-17(27-2)19(29-4)18(8-12)28-3)10-23(20(24)26)13-5-6-14(21)15(22)9-13/h5-10H,1-4H3. The minimum Gasteiger partial charge on any atom is -0.493 e. The smallest absolute Gasteiger partial charge is 0.340 e. The summed E-state index contributed by atoms with van der Waals surface area (Å²) < 4.78 is 18.5. The van der Waals surface area contributed by atoms with Gasteiger partial charge in [-0.1, -0.05) is 23.2 Å². The van der Waals surface area contributed by atoms with Gasteiger partial charge in [-0.2, -0.15) is 0 Å². The lowest BCUT2D eigenvalue weighted by atomic mass is 10.1. The summed E-state index contributed by atoms with van der Waals surface area (Å²) in [5.41, 5.74) is 0.816. The molecule has 0 saturated heterocycles. The maximum absolute atomic E-state index is 13.0. The molecule has 7 nitrogen and oxygen atoms in total. The third-order valence-corrected chi connectivity index (χ3v) is 5.09. The van der Waals surface area contributed by atoms with E-state index in [9.17, 15) is 9.59 Å². The fourth-order valence-corrected chi connectivity index (χ4v) is 3.30. The van der Waals surface area contributed by atoms with Crippen LogP contribution in [0.4, 0.5) is 0 Å². The van der Waals surface area contributed by atoms with E-state index in [4.69, 9.17) is 37.4 Å². The van der Waals surface area contributed by atoms with Gasteiger partial charge in [-0.3, -0.25) is 9.36 Å². The number of nitrogens with zero attached hydrogens (tertiary/aromatic N) is 2. The second-order valence-corrected chi connectivity index (χ2v) is 6.85. The topological polar surface area (TPSA) is 71.7 Å². The van der Waals surface area contributed by atoms with Crippen molar-refractivity contribution in [3.05, 3.63) is 57.1 Å². The van der Waals surface area contributed by atoms with Crippen molar-refractivity contribution >= 4 is 29.1 Å². The third kappa shape index (κ3) is 3.71. The highest BCUT2D eigenvalue weighted by Crippen LogP contribution is 2.41. The first kappa shape index (κ1) is 20.8. The highest BCUT2D eigenvalue weighted by molar-refractivity contribution is 6.42. The number of hydrogen-bond donors (Lipinski definition) is 0. The van der Waals surface area contributed by atoms with Gasteiger partial charge in [0.25, 0.3) is 0 Å². The molecule has 152 valence electrons. The molecule has 3 aromatic rings. The first-order valence-electron chi connectivity index (χ1n) is 8.43. The summed E-state index contributed by atoms with van der Waals surface area (Å²) in [6, 6.07) is 8.09. The van der Waals surface area contributed by atoms with Gasteiger partial charge in [-0.15, -0.1) is 0 Å². The van der Waals surface area contributed by atoms with Crippen LogP contribution in [0, 0.1) is 0 Å². The minimum absolute atomic E-state index is 0.293. The molecule has 0 saturated carbocycles. The van der Waals surface area contributed by atoms with Gasteiger partial charge in [-0.05, 0) is 30.3 Å². The van der Waals surface area contributed by atoms with Crippen molar-refractivity contribution in [3.63, 3.8) is 0 Å². The van der Waals surface area contributed by atoms with E-state index in [1.54, 1.807) is 36.5 Å². The van der Waals surface area contributed by atoms with E-state index in [0.29, 0.717) is 44.2 Å². The van der Waals surface area contributed by atoms with E-state index in [1.165, 1.54) is 32.8 Å². The lowest BCUT2D eigenvalue weighted by Gasteiger charge is -2.14. The summed E-state index contributed by atoms with van der Waals surface area (Å²) in [6.45, 7) is 1.31. The molecule has 0 spiro atoms. The van der Waals surface area contributed by atoms with Crippen LogP contribution in [0.2, 0.25) is 10.0 Å². The van der Waals surface area contributed by atoms with Crippen molar-refractivity contribution in [2.24, 2.45) is 0 Å². The number of benzene rings is 2. The van der Waals surface area contributed by atoms with Gasteiger partial charge in [0, 0.05) is 18.7 Å². The van der Waals surface area contributed by atoms with E-state index < -0.39 is 11.6 Å². The van der Waals surface area contributed by atoms with Crippen LogP contribution in [0.5, 0.6) is 17.2 Å². The second-order valence-electron chi connectivity index (χ2n) is 6.03. The zero-order chi connectivity index (χ0) is 21.3. The molecule has 0 atom stereocenters. The molecule has 0 aliphatic heterocycles. The van der Waals surface area contributed by atoms with Gasteiger partial charge in [0.05, 0.1) is 42.8 Å². The molecule has 29 heavy (non-hydrogen) atoms. The Balaban J connectivity index is 2.29. The highest BCUT2D eigenvalue weighted by atomic mass is 35.5. The minimum atomic E-state index is -0.542. The van der Waals surface area contributed by atoms with Gasteiger partial charge in [0.15, 0.2) is 11.5 Å². The maximum atomic E-state index is 13.0. The van der Waals surface area contributed by atoms with Crippen molar-refractivity contribution in [1.82, 2.24) is 9.13 Å². The Kier molecular flexibility index (Phi) is 5.91. The molecule has 1 aromatic heterocycles. The number of carbonyl (C=O) groups excluding carboxylic acids is 1. The van der Waals surface area contributed by atoms with Crippen LogP contribution in [0.3, 0.4) is 0 Å². The molecule has 0 bridgehead atoms. The number of carbonyl (C=O) groups is 1. The summed E-state index contributed by atoms with van der Waals surface area (Å²) in [7, 11) is 4.46. The first-order chi connectivity index (χ1) is 13.8. The number of aromatic nitrogens is 2. The quantitative estimate of drug-likeness (QED) is 0.595. The Bertz CT molecular complexity index is 1130. The predicted octanol–water partition coefficient (Wildman–Crippen LogP) is 4.30. The maximum Gasteiger partial charge on any atom is 0.340 e. The second kappa shape index (κ2) is 8.23. The summed E-state index contributed by atoms with van der Waals surface area (Å²) in [6.07, 6.45) is 1.55. The van der Waals surface area contributed by atoms with Gasteiger partial charge in [0.2, 0.25) is 11.7 Å². The van der Waals surface area contributed by atoms with Crippen LogP contribution in [0.25, 0.3) is 16.9 Å². The average Bonchev–Trinajstić information content (AvgIpc) is 3.06. The molecule has 0 N–H and O–H groups in total. The molecule has 0 fully saturated rings. The van der Waals surface area contributed by atoms with Crippen molar-refractivity contribution in [1.29, 1.82) is 0 Å². The molecular weight excluding hydrogens is 419 g/mol. The molecule has 0 amide bonds. The fourth-order valence-electron chi connectivity index (χ4n) is 3.00. The first-order valence-corrected chi connectivity index (χ1v) is 9.19. The molecule has 2 aromatic carbocycles. The normalized spacial score (nSPS) is 10.7. The Morgan fingerprint density at radius 1 is 0.931 bits per heavy atom. The lowest BCUT2D eigenvalue weighted by molar-refractivity contribution is 0.0934. The van der Waals surface area contributed by atoms with Gasteiger partial charge < -0.3 is 14.2 Å². The Labute approximate surface area is 176 Å². The zero-order valence-electron chi connectivity index (χ0n) is 16.2. The summed E-state index contributed by atoms with van der Waals surface area (Å²) in [4.78, 5) is 25.2. The van der Waals surface area contributed by atoms with Crippen molar-refractivity contribution in [3.8, 4) is 34.2 Å². The SMILES string of the molecule is COc1cc(-c2cn(-c3ccc(Cl)c(Cl)c3)c(=O)n2C(C)=O)cc(OC)c1OC. The number of hydrogen-bond acceptors (Lipinski definition) is 5. The average molecular weight is 437 g/mol. The molecule has 1 heterocycles. The van der Waals surface area contributed by atoms with Gasteiger partial charge >= 0.3 is 5.69 Å². The van der Waals surface area contributed by atoms with E-state index >= 15 is 0 Å². The number of methoxy groups -OCH3 is 3. The monoisotopic (exact) mass is 436 g/mol. The Hall–Kier alpha value is -2.90.